The van der Waals surface area contributed by atoms with Crippen molar-refractivity contribution >= 4 is 23.4 Å². The lowest BCUT2D eigenvalue weighted by atomic mass is 10.1. The molecular weight excluding hydrogens is 343 g/mol. The maximum absolute atomic E-state index is 12.8. The fraction of sp³-hybridized carbons (Fsp3) is 0.263. The van der Waals surface area contributed by atoms with Gasteiger partial charge in [0.25, 0.3) is 0 Å². The van der Waals surface area contributed by atoms with E-state index < -0.39 is 0 Å². The van der Waals surface area contributed by atoms with Gasteiger partial charge in [-0.05, 0) is 35.7 Å². The number of hydrogen-bond donors (Lipinski definition) is 2. The van der Waals surface area contributed by atoms with E-state index in [1.54, 1.807) is 18.2 Å². The number of aryl methyl sites for hydroxylation is 1. The normalized spacial score (nSPS) is 10.3. The molecule has 0 bridgehead atoms. The van der Waals surface area contributed by atoms with Crippen molar-refractivity contribution in [3.8, 4) is 0 Å². The topological polar surface area (TPSA) is 58.2 Å². The molecule has 2 amide bonds. The van der Waals surface area contributed by atoms with Gasteiger partial charge in [0.1, 0.15) is 5.82 Å². The lowest BCUT2D eigenvalue weighted by molar-refractivity contribution is -0.122. The van der Waals surface area contributed by atoms with E-state index in [1.807, 2.05) is 18.2 Å². The van der Waals surface area contributed by atoms with Crippen LogP contribution in [0.15, 0.2) is 48.5 Å². The molecule has 0 saturated carbocycles. The number of rotatable bonds is 8. The zero-order valence-corrected chi connectivity index (χ0v) is 14.5. The summed E-state index contributed by atoms with van der Waals surface area (Å²) in [7, 11) is 0. The van der Waals surface area contributed by atoms with Crippen molar-refractivity contribution in [2.45, 2.75) is 19.3 Å². The second-order valence-electron chi connectivity index (χ2n) is 5.59. The van der Waals surface area contributed by atoms with E-state index in [4.69, 9.17) is 11.6 Å². The first kappa shape index (κ1) is 18.9. The lowest BCUT2D eigenvalue weighted by Crippen LogP contribution is -2.35. The largest absolute Gasteiger partial charge is 0.354 e. The molecule has 2 rings (SSSR count). The van der Waals surface area contributed by atoms with Gasteiger partial charge in [-0.15, -0.1) is 0 Å². The molecule has 0 unspecified atom stereocenters. The predicted octanol–water partition coefficient (Wildman–Crippen LogP) is 2.89. The van der Waals surface area contributed by atoms with Crippen LogP contribution in [-0.4, -0.2) is 24.9 Å². The third-order valence-electron chi connectivity index (χ3n) is 3.63. The van der Waals surface area contributed by atoms with Gasteiger partial charge >= 0.3 is 0 Å². The highest BCUT2D eigenvalue weighted by Gasteiger charge is 2.06. The molecule has 0 heterocycles. The van der Waals surface area contributed by atoms with Gasteiger partial charge in [-0.1, -0.05) is 41.9 Å². The monoisotopic (exact) mass is 362 g/mol. The quantitative estimate of drug-likeness (QED) is 0.709. The first-order valence-corrected chi connectivity index (χ1v) is 8.43. The van der Waals surface area contributed by atoms with Crippen LogP contribution in [0.25, 0.3) is 0 Å². The summed E-state index contributed by atoms with van der Waals surface area (Å²) in [4.78, 5) is 23.6. The summed E-state index contributed by atoms with van der Waals surface area (Å²) in [6, 6.07) is 13.2. The van der Waals surface area contributed by atoms with Gasteiger partial charge in [0.05, 0.1) is 6.42 Å². The minimum atomic E-state index is -0.330. The molecular formula is C19H20ClFN2O2. The van der Waals surface area contributed by atoms with Gasteiger partial charge in [0, 0.05) is 24.5 Å². The summed E-state index contributed by atoms with van der Waals surface area (Å²) >= 11 is 6.04. The van der Waals surface area contributed by atoms with Crippen LogP contribution in [0.1, 0.15) is 17.5 Å². The molecule has 6 heteroatoms. The highest BCUT2D eigenvalue weighted by molar-refractivity contribution is 6.31. The van der Waals surface area contributed by atoms with Crippen LogP contribution >= 0.6 is 11.6 Å². The van der Waals surface area contributed by atoms with E-state index in [0.29, 0.717) is 31.0 Å². The summed E-state index contributed by atoms with van der Waals surface area (Å²) in [5, 5.41) is 6.12. The first-order valence-electron chi connectivity index (χ1n) is 8.06. The van der Waals surface area contributed by atoms with Crippen molar-refractivity contribution in [1.82, 2.24) is 10.6 Å². The summed E-state index contributed by atoms with van der Waals surface area (Å²) in [6.45, 7) is 0.703. The minimum Gasteiger partial charge on any atom is -0.354 e. The highest BCUT2D eigenvalue weighted by atomic mass is 35.5. The molecule has 0 aromatic heterocycles. The number of benzene rings is 2. The number of nitrogens with one attached hydrogen (secondary N) is 2. The van der Waals surface area contributed by atoms with E-state index in [0.717, 1.165) is 11.1 Å². The van der Waals surface area contributed by atoms with Gasteiger partial charge < -0.3 is 10.6 Å². The Morgan fingerprint density at radius 2 is 1.56 bits per heavy atom. The Bertz CT molecular complexity index is 720. The molecule has 132 valence electrons. The third kappa shape index (κ3) is 6.93. The Hall–Kier alpha value is -2.40. The molecule has 2 N–H and O–H groups in total. The third-order valence-corrected chi connectivity index (χ3v) is 4.00. The second-order valence-corrected chi connectivity index (χ2v) is 6.00. The van der Waals surface area contributed by atoms with Crippen LogP contribution in [0.3, 0.4) is 0 Å². The Kier molecular flexibility index (Phi) is 7.41. The zero-order chi connectivity index (χ0) is 18.1. The summed E-state index contributed by atoms with van der Waals surface area (Å²) in [5.74, 6) is -0.590. The van der Waals surface area contributed by atoms with E-state index >= 15 is 0 Å². The number of hydrogen-bond acceptors (Lipinski definition) is 2. The van der Waals surface area contributed by atoms with Crippen molar-refractivity contribution < 1.29 is 14.0 Å². The molecule has 0 radical (unpaired) electrons. The molecule has 0 aliphatic carbocycles. The molecule has 0 spiro atoms. The lowest BCUT2D eigenvalue weighted by Gasteiger charge is -2.08. The van der Waals surface area contributed by atoms with Gasteiger partial charge in [0.15, 0.2) is 0 Å². The molecule has 4 nitrogen and oxygen atoms in total. The molecule has 0 fully saturated rings. The van der Waals surface area contributed by atoms with Gasteiger partial charge in [0.2, 0.25) is 11.8 Å². The van der Waals surface area contributed by atoms with Crippen LogP contribution in [0.5, 0.6) is 0 Å². The molecule has 0 saturated heterocycles. The highest BCUT2D eigenvalue weighted by Crippen LogP contribution is 2.16. The minimum absolute atomic E-state index is 0.0901. The Labute approximate surface area is 151 Å². The molecule has 2 aromatic carbocycles. The SMILES string of the molecule is O=C(CCc1ccccc1Cl)NCCNC(=O)Cc1ccc(F)cc1. The smallest absolute Gasteiger partial charge is 0.224 e. The fourth-order valence-electron chi connectivity index (χ4n) is 2.29. The number of halogens is 2. The number of carbonyl (C=O) groups is 2. The maximum atomic E-state index is 12.8. The summed E-state index contributed by atoms with van der Waals surface area (Å²) in [5.41, 5.74) is 1.68. The maximum Gasteiger partial charge on any atom is 0.224 e. The Balaban J connectivity index is 1.60. The molecule has 0 aliphatic rings. The fourth-order valence-corrected chi connectivity index (χ4v) is 2.52. The van der Waals surface area contributed by atoms with Crippen molar-refractivity contribution in [2.24, 2.45) is 0 Å². The predicted molar refractivity (Wildman–Crippen MR) is 95.9 cm³/mol. The second kappa shape index (κ2) is 9.79. The van der Waals surface area contributed by atoms with E-state index in [-0.39, 0.29) is 24.1 Å². The number of carbonyl (C=O) groups excluding carboxylic acids is 2. The standard InChI is InChI=1S/C19H20ClFN2O2/c20-17-4-2-1-3-15(17)7-10-18(24)22-11-12-23-19(25)13-14-5-8-16(21)9-6-14/h1-6,8-9H,7,10-13H2,(H,22,24)(H,23,25). The molecule has 0 aliphatic heterocycles. The van der Waals surface area contributed by atoms with Gasteiger partial charge in [-0.3, -0.25) is 9.59 Å². The summed E-state index contributed by atoms with van der Waals surface area (Å²) < 4.78 is 12.8. The van der Waals surface area contributed by atoms with Crippen molar-refractivity contribution in [1.29, 1.82) is 0 Å². The first-order chi connectivity index (χ1) is 12.0. The average molecular weight is 363 g/mol. The summed E-state index contributed by atoms with van der Waals surface area (Å²) in [6.07, 6.45) is 1.09. The van der Waals surface area contributed by atoms with Crippen LogP contribution < -0.4 is 10.6 Å². The van der Waals surface area contributed by atoms with E-state index in [9.17, 15) is 14.0 Å². The Morgan fingerprint density at radius 3 is 2.24 bits per heavy atom. The van der Waals surface area contributed by atoms with Crippen molar-refractivity contribution in [3.63, 3.8) is 0 Å². The number of amides is 2. The van der Waals surface area contributed by atoms with Gasteiger partial charge in [-0.2, -0.15) is 0 Å². The Morgan fingerprint density at radius 1 is 0.920 bits per heavy atom. The van der Waals surface area contributed by atoms with Crippen LogP contribution in [0.2, 0.25) is 5.02 Å². The molecule has 0 atom stereocenters. The van der Waals surface area contributed by atoms with E-state index in [2.05, 4.69) is 10.6 Å². The van der Waals surface area contributed by atoms with E-state index in [1.165, 1.54) is 12.1 Å². The average Bonchev–Trinajstić information content (AvgIpc) is 2.60. The molecule has 2 aromatic rings. The van der Waals surface area contributed by atoms with Crippen molar-refractivity contribution in [2.75, 3.05) is 13.1 Å². The van der Waals surface area contributed by atoms with Gasteiger partial charge in [-0.25, -0.2) is 4.39 Å². The van der Waals surface area contributed by atoms with Crippen molar-refractivity contribution in [3.05, 3.63) is 70.5 Å². The molecule has 25 heavy (non-hydrogen) atoms. The van der Waals surface area contributed by atoms with Crippen LogP contribution in [-0.2, 0) is 22.4 Å². The van der Waals surface area contributed by atoms with Crippen LogP contribution in [0, 0.1) is 5.82 Å². The van der Waals surface area contributed by atoms with Crippen LogP contribution in [0.4, 0.5) is 4.39 Å². The zero-order valence-electron chi connectivity index (χ0n) is 13.7.